The second-order valence-corrected chi connectivity index (χ2v) is 6.53. The molecule has 0 aliphatic heterocycles. The third-order valence-electron chi connectivity index (χ3n) is 3.94. The van der Waals surface area contributed by atoms with Gasteiger partial charge in [0.2, 0.25) is 0 Å². The summed E-state index contributed by atoms with van der Waals surface area (Å²) in [6.07, 6.45) is 1.01. The molecule has 26 heavy (non-hydrogen) atoms. The third kappa shape index (κ3) is 3.49. The van der Waals surface area contributed by atoms with E-state index in [2.05, 4.69) is 4.98 Å². The lowest BCUT2D eigenvalue weighted by atomic mass is 9.95. The Labute approximate surface area is 157 Å². The van der Waals surface area contributed by atoms with Crippen molar-refractivity contribution in [2.45, 2.75) is 12.5 Å². The molecule has 0 spiro atoms. The van der Waals surface area contributed by atoms with Crippen LogP contribution in [-0.2, 0) is 11.2 Å². The molecule has 0 amide bonds. The van der Waals surface area contributed by atoms with Crippen molar-refractivity contribution in [2.24, 2.45) is 5.73 Å². The van der Waals surface area contributed by atoms with E-state index in [-0.39, 0.29) is 16.5 Å². The fraction of sp³-hybridized carbons (Fsp3) is 0.111. The molecule has 0 saturated carbocycles. The molecule has 1 unspecified atom stereocenters. The van der Waals surface area contributed by atoms with Gasteiger partial charge in [-0.15, -0.1) is 0 Å². The summed E-state index contributed by atoms with van der Waals surface area (Å²) >= 11 is 12.3. The van der Waals surface area contributed by atoms with E-state index in [1.54, 1.807) is 12.1 Å². The zero-order chi connectivity index (χ0) is 19.0. The fourth-order valence-electron chi connectivity index (χ4n) is 2.75. The number of hydrogen-bond acceptors (Lipinski definition) is 3. The minimum atomic E-state index is -1.17. The van der Waals surface area contributed by atoms with Crippen LogP contribution < -0.4 is 5.73 Å². The number of rotatable bonds is 4. The minimum Gasteiger partial charge on any atom is -0.480 e. The molecule has 0 radical (unpaired) electrons. The van der Waals surface area contributed by atoms with Gasteiger partial charge in [0.15, 0.2) is 0 Å². The maximum Gasteiger partial charge on any atom is 0.320 e. The second-order valence-electron chi connectivity index (χ2n) is 5.72. The number of benzene rings is 2. The molecule has 2 aromatic carbocycles. The molecule has 3 aromatic rings. The minimum absolute atomic E-state index is 0.0118. The number of halogens is 4. The van der Waals surface area contributed by atoms with Crippen molar-refractivity contribution >= 4 is 40.1 Å². The summed E-state index contributed by atoms with van der Waals surface area (Å²) in [5.41, 5.74) is 7.30. The molecule has 8 heteroatoms. The molecule has 1 heterocycles. The lowest BCUT2D eigenvalue weighted by molar-refractivity contribution is -0.138. The van der Waals surface area contributed by atoms with E-state index in [1.165, 1.54) is 6.07 Å². The highest BCUT2D eigenvalue weighted by Crippen LogP contribution is 2.39. The molecule has 4 nitrogen and oxygen atoms in total. The molecule has 134 valence electrons. The molecule has 0 fully saturated rings. The molecule has 0 bridgehead atoms. The van der Waals surface area contributed by atoms with Crippen LogP contribution in [0.15, 0.2) is 36.5 Å². The van der Waals surface area contributed by atoms with Crippen LogP contribution in [0, 0.1) is 11.6 Å². The first-order valence-electron chi connectivity index (χ1n) is 7.48. The number of carboxylic acids is 1. The van der Waals surface area contributed by atoms with E-state index < -0.39 is 23.6 Å². The molecule has 3 rings (SSSR count). The quantitative estimate of drug-likeness (QED) is 0.683. The summed E-state index contributed by atoms with van der Waals surface area (Å²) in [5, 5.41) is 9.56. The number of carbonyl (C=O) groups is 1. The van der Waals surface area contributed by atoms with Gasteiger partial charge in [0.1, 0.15) is 17.7 Å². The average Bonchev–Trinajstić information content (AvgIpc) is 2.55. The zero-order valence-corrected chi connectivity index (χ0v) is 14.7. The highest BCUT2D eigenvalue weighted by molar-refractivity contribution is 6.39. The van der Waals surface area contributed by atoms with Gasteiger partial charge in [-0.25, -0.2) is 8.78 Å². The Morgan fingerprint density at radius 1 is 1.15 bits per heavy atom. The number of fused-ring (bicyclic) bond motifs is 1. The molecule has 0 saturated heterocycles. The Morgan fingerprint density at radius 2 is 1.81 bits per heavy atom. The average molecular weight is 397 g/mol. The van der Waals surface area contributed by atoms with Gasteiger partial charge in [-0.05, 0) is 30.2 Å². The SMILES string of the molecule is NC(Cc1ccc(-c2c(Cl)cc(F)cc2Cl)c2ncc(F)cc12)C(=O)O. The summed E-state index contributed by atoms with van der Waals surface area (Å²) in [6, 6.07) is 5.56. The van der Waals surface area contributed by atoms with Gasteiger partial charge in [-0.1, -0.05) is 35.3 Å². The van der Waals surface area contributed by atoms with E-state index >= 15 is 0 Å². The number of nitrogens with zero attached hydrogens (tertiary/aromatic N) is 1. The Balaban J connectivity index is 2.26. The maximum absolute atomic E-state index is 13.7. The number of aromatic nitrogens is 1. The number of pyridine rings is 1. The number of carboxylic acid groups (broad SMARTS) is 1. The van der Waals surface area contributed by atoms with Gasteiger partial charge in [0.25, 0.3) is 0 Å². The van der Waals surface area contributed by atoms with E-state index in [0.29, 0.717) is 27.6 Å². The smallest absolute Gasteiger partial charge is 0.320 e. The first kappa shape index (κ1) is 18.5. The highest BCUT2D eigenvalue weighted by atomic mass is 35.5. The summed E-state index contributed by atoms with van der Waals surface area (Å²) in [7, 11) is 0. The first-order valence-corrected chi connectivity index (χ1v) is 8.24. The molecular formula is C18H12Cl2F2N2O2. The van der Waals surface area contributed by atoms with E-state index in [4.69, 9.17) is 34.0 Å². The molecule has 1 aromatic heterocycles. The van der Waals surface area contributed by atoms with E-state index in [0.717, 1.165) is 18.3 Å². The third-order valence-corrected chi connectivity index (χ3v) is 4.54. The monoisotopic (exact) mass is 396 g/mol. The van der Waals surface area contributed by atoms with Gasteiger partial charge in [-0.2, -0.15) is 0 Å². The lowest BCUT2D eigenvalue weighted by Crippen LogP contribution is -2.32. The summed E-state index contributed by atoms with van der Waals surface area (Å²) in [4.78, 5) is 15.1. The largest absolute Gasteiger partial charge is 0.480 e. The first-order chi connectivity index (χ1) is 12.3. The van der Waals surface area contributed by atoms with Crippen molar-refractivity contribution in [3.8, 4) is 11.1 Å². The van der Waals surface area contributed by atoms with Crippen molar-refractivity contribution in [2.75, 3.05) is 0 Å². The summed E-state index contributed by atoms with van der Waals surface area (Å²) < 4.78 is 27.2. The van der Waals surface area contributed by atoms with Crippen molar-refractivity contribution < 1.29 is 18.7 Å². The Kier molecular flexibility index (Phi) is 5.09. The van der Waals surface area contributed by atoms with Crippen LogP contribution in [0.2, 0.25) is 10.0 Å². The number of aliphatic carboxylic acids is 1. The van der Waals surface area contributed by atoms with Crippen LogP contribution in [0.5, 0.6) is 0 Å². The molecule has 0 aliphatic carbocycles. The van der Waals surface area contributed by atoms with Gasteiger partial charge >= 0.3 is 5.97 Å². The topological polar surface area (TPSA) is 76.2 Å². The Bertz CT molecular complexity index is 1000. The van der Waals surface area contributed by atoms with Crippen LogP contribution >= 0.6 is 23.2 Å². The molecular weight excluding hydrogens is 385 g/mol. The van der Waals surface area contributed by atoms with Crippen molar-refractivity contribution in [1.82, 2.24) is 4.98 Å². The molecule has 0 aliphatic rings. The zero-order valence-electron chi connectivity index (χ0n) is 13.1. The predicted octanol–water partition coefficient (Wildman–Crippen LogP) is 4.44. The van der Waals surface area contributed by atoms with Gasteiger partial charge in [0, 0.05) is 16.5 Å². The second kappa shape index (κ2) is 7.15. The molecule has 1 atom stereocenters. The fourth-order valence-corrected chi connectivity index (χ4v) is 3.42. The van der Waals surface area contributed by atoms with Gasteiger partial charge < -0.3 is 10.8 Å². The summed E-state index contributed by atoms with van der Waals surface area (Å²) in [6.45, 7) is 0. The Hall–Kier alpha value is -2.28. The summed E-state index contributed by atoms with van der Waals surface area (Å²) in [5.74, 6) is -2.34. The standard InChI is InChI=1S/C18H12Cl2F2N2O2/c19-13-5-9(21)6-14(20)16(13)11-2-1-8(3-15(23)18(25)26)12-4-10(22)7-24-17(11)12/h1-2,4-7,15H,3,23H2,(H,25,26). The van der Waals surface area contributed by atoms with Crippen LogP contribution in [-0.4, -0.2) is 22.1 Å². The van der Waals surface area contributed by atoms with Crippen molar-refractivity contribution in [1.29, 1.82) is 0 Å². The van der Waals surface area contributed by atoms with Crippen molar-refractivity contribution in [3.63, 3.8) is 0 Å². The lowest BCUT2D eigenvalue weighted by Gasteiger charge is -2.14. The van der Waals surface area contributed by atoms with Gasteiger partial charge in [-0.3, -0.25) is 9.78 Å². The van der Waals surface area contributed by atoms with E-state index in [1.807, 2.05) is 0 Å². The highest BCUT2D eigenvalue weighted by Gasteiger charge is 2.19. The van der Waals surface area contributed by atoms with Crippen LogP contribution in [0.25, 0.3) is 22.0 Å². The van der Waals surface area contributed by atoms with Crippen molar-refractivity contribution in [3.05, 3.63) is 63.8 Å². The van der Waals surface area contributed by atoms with Gasteiger partial charge in [0.05, 0.1) is 21.8 Å². The number of nitrogens with two attached hydrogens (primary N) is 1. The predicted molar refractivity (Wildman–Crippen MR) is 96.4 cm³/mol. The maximum atomic E-state index is 13.7. The normalized spacial score (nSPS) is 12.3. The molecule has 3 N–H and O–H groups in total. The van der Waals surface area contributed by atoms with E-state index in [9.17, 15) is 13.6 Å². The van der Waals surface area contributed by atoms with Crippen LogP contribution in [0.4, 0.5) is 8.78 Å². The Morgan fingerprint density at radius 3 is 2.42 bits per heavy atom. The van der Waals surface area contributed by atoms with Crippen LogP contribution in [0.3, 0.4) is 0 Å². The van der Waals surface area contributed by atoms with Crippen LogP contribution in [0.1, 0.15) is 5.56 Å². The number of hydrogen-bond donors (Lipinski definition) is 2.